The third-order valence-corrected chi connectivity index (χ3v) is 6.75. The lowest BCUT2D eigenvalue weighted by atomic mass is 10.3. The molecule has 20 heavy (non-hydrogen) atoms. The van der Waals surface area contributed by atoms with Gasteiger partial charge >= 0.3 is 5.97 Å². The van der Waals surface area contributed by atoms with Crippen LogP contribution < -0.4 is 4.72 Å². The monoisotopic (exact) mass is 341 g/mol. The van der Waals surface area contributed by atoms with Crippen molar-refractivity contribution in [3.8, 4) is 0 Å². The first-order valence-corrected chi connectivity index (χ1v) is 10.0. The van der Waals surface area contributed by atoms with Crippen LogP contribution in [0.4, 0.5) is 5.00 Å². The predicted octanol–water partition coefficient (Wildman–Crippen LogP) is 0.977. The molecule has 0 unspecified atom stereocenters. The van der Waals surface area contributed by atoms with Crippen molar-refractivity contribution in [3.63, 3.8) is 0 Å². The molecule has 1 aromatic rings. The molecule has 0 saturated carbocycles. The number of rotatable bonds is 6. The maximum Gasteiger partial charge on any atom is 0.348 e. The molecule has 0 aliphatic carbocycles. The SMILES string of the molecule is CCOC(=O)c1sc(NS(=O)(=O)CS(C)(=O)=O)cc1C. The Morgan fingerprint density at radius 3 is 2.45 bits per heavy atom. The Kier molecular flexibility index (Phi) is 5.16. The summed E-state index contributed by atoms with van der Waals surface area (Å²) in [6, 6.07) is 1.46. The summed E-state index contributed by atoms with van der Waals surface area (Å²) in [5, 5.41) is -0.833. The summed E-state index contributed by atoms with van der Waals surface area (Å²) in [5.41, 5.74) is 0.561. The Morgan fingerprint density at radius 1 is 1.35 bits per heavy atom. The van der Waals surface area contributed by atoms with Crippen molar-refractivity contribution in [1.29, 1.82) is 0 Å². The normalized spacial score (nSPS) is 12.2. The Morgan fingerprint density at radius 2 is 1.95 bits per heavy atom. The van der Waals surface area contributed by atoms with Gasteiger partial charge in [0.2, 0.25) is 10.0 Å². The van der Waals surface area contributed by atoms with Gasteiger partial charge in [0.15, 0.2) is 14.9 Å². The second kappa shape index (κ2) is 6.10. The van der Waals surface area contributed by atoms with Crippen LogP contribution in [-0.4, -0.2) is 40.8 Å². The van der Waals surface area contributed by atoms with Crippen LogP contribution in [0.15, 0.2) is 6.07 Å². The predicted molar refractivity (Wildman–Crippen MR) is 77.3 cm³/mol. The van der Waals surface area contributed by atoms with Crippen LogP contribution in [0.1, 0.15) is 22.2 Å². The number of hydrogen-bond acceptors (Lipinski definition) is 7. The summed E-state index contributed by atoms with van der Waals surface area (Å²) < 4.78 is 52.3. The lowest BCUT2D eigenvalue weighted by Crippen LogP contribution is -2.21. The number of ether oxygens (including phenoxy) is 1. The molecular formula is C10H15NO6S3. The van der Waals surface area contributed by atoms with Gasteiger partial charge in [-0.05, 0) is 25.5 Å². The van der Waals surface area contributed by atoms with Crippen molar-refractivity contribution in [3.05, 3.63) is 16.5 Å². The van der Waals surface area contributed by atoms with Gasteiger partial charge in [-0.15, -0.1) is 11.3 Å². The first-order chi connectivity index (χ1) is 9.04. The van der Waals surface area contributed by atoms with E-state index in [0.29, 0.717) is 5.56 Å². The van der Waals surface area contributed by atoms with E-state index in [1.165, 1.54) is 6.07 Å². The minimum atomic E-state index is -4.01. The minimum Gasteiger partial charge on any atom is -0.462 e. The van der Waals surface area contributed by atoms with E-state index in [-0.39, 0.29) is 16.5 Å². The molecule has 114 valence electrons. The molecule has 0 aliphatic rings. The molecule has 1 heterocycles. The van der Waals surface area contributed by atoms with Gasteiger partial charge in [0.1, 0.15) is 9.88 Å². The van der Waals surface area contributed by atoms with Gasteiger partial charge in [-0.3, -0.25) is 4.72 Å². The van der Waals surface area contributed by atoms with E-state index in [2.05, 4.69) is 4.72 Å². The van der Waals surface area contributed by atoms with Crippen molar-refractivity contribution < 1.29 is 26.4 Å². The van der Waals surface area contributed by atoms with Gasteiger partial charge in [0.25, 0.3) is 0 Å². The summed E-state index contributed by atoms with van der Waals surface area (Å²) in [6.45, 7) is 3.51. The molecule has 0 radical (unpaired) electrons. The highest BCUT2D eigenvalue weighted by molar-refractivity contribution is 8.08. The summed E-state index contributed by atoms with van der Waals surface area (Å²) in [7, 11) is -7.68. The molecule has 0 atom stereocenters. The number of thiophene rings is 1. The number of carbonyl (C=O) groups excluding carboxylic acids is 1. The minimum absolute atomic E-state index is 0.175. The van der Waals surface area contributed by atoms with Gasteiger partial charge in [0, 0.05) is 6.26 Å². The molecule has 7 nitrogen and oxygen atoms in total. The van der Waals surface area contributed by atoms with Crippen LogP contribution in [0.25, 0.3) is 0 Å². The van der Waals surface area contributed by atoms with Crippen LogP contribution in [-0.2, 0) is 24.6 Å². The summed E-state index contributed by atoms with van der Waals surface area (Å²) >= 11 is 0.901. The van der Waals surface area contributed by atoms with E-state index in [9.17, 15) is 21.6 Å². The van der Waals surface area contributed by atoms with Gasteiger partial charge in [-0.25, -0.2) is 21.6 Å². The highest BCUT2D eigenvalue weighted by Crippen LogP contribution is 2.28. The fourth-order valence-corrected chi connectivity index (χ4v) is 5.62. The Bertz CT molecular complexity index is 701. The summed E-state index contributed by atoms with van der Waals surface area (Å²) in [5.74, 6) is -0.538. The number of aryl methyl sites for hydroxylation is 1. The van der Waals surface area contributed by atoms with E-state index >= 15 is 0 Å². The topological polar surface area (TPSA) is 107 Å². The molecule has 0 bridgehead atoms. The Balaban J connectivity index is 2.95. The second-order valence-corrected chi connectivity index (χ2v) is 9.38. The van der Waals surface area contributed by atoms with Crippen molar-refractivity contribution in [1.82, 2.24) is 0 Å². The molecule has 1 aromatic heterocycles. The number of nitrogens with one attached hydrogen (secondary N) is 1. The summed E-state index contributed by atoms with van der Waals surface area (Å²) in [4.78, 5) is 11.9. The molecule has 0 spiro atoms. The standard InChI is InChI=1S/C10H15NO6S3/c1-4-17-10(12)9-7(2)5-8(18-9)11-20(15,16)6-19(3,13)14/h5,11H,4,6H2,1-3H3. The zero-order chi connectivity index (χ0) is 15.6. The lowest BCUT2D eigenvalue weighted by Gasteiger charge is -2.03. The van der Waals surface area contributed by atoms with Gasteiger partial charge in [-0.1, -0.05) is 0 Å². The molecule has 0 aromatic carbocycles. The lowest BCUT2D eigenvalue weighted by molar-refractivity contribution is 0.0531. The van der Waals surface area contributed by atoms with Gasteiger partial charge in [-0.2, -0.15) is 0 Å². The van der Waals surface area contributed by atoms with Crippen LogP contribution in [0.3, 0.4) is 0 Å². The zero-order valence-electron chi connectivity index (χ0n) is 11.2. The molecular weight excluding hydrogens is 326 g/mol. The molecule has 0 amide bonds. The first kappa shape index (κ1) is 16.9. The summed E-state index contributed by atoms with van der Waals surface area (Å²) in [6.07, 6.45) is 0.829. The number of hydrogen-bond donors (Lipinski definition) is 1. The van der Waals surface area contributed by atoms with Crippen LogP contribution in [0, 0.1) is 6.92 Å². The third-order valence-electron chi connectivity index (χ3n) is 2.00. The van der Waals surface area contributed by atoms with E-state index in [1.807, 2.05) is 0 Å². The molecule has 1 rings (SSSR count). The van der Waals surface area contributed by atoms with Gasteiger partial charge < -0.3 is 4.74 Å². The largest absolute Gasteiger partial charge is 0.462 e. The highest BCUT2D eigenvalue weighted by atomic mass is 32.3. The van der Waals surface area contributed by atoms with Crippen molar-refractivity contribution in [2.24, 2.45) is 0 Å². The van der Waals surface area contributed by atoms with Crippen molar-refractivity contribution >= 4 is 42.2 Å². The van der Waals surface area contributed by atoms with Gasteiger partial charge in [0.05, 0.1) is 6.61 Å². The molecule has 0 aliphatic heterocycles. The van der Waals surface area contributed by atoms with E-state index in [4.69, 9.17) is 4.74 Å². The Hall–Kier alpha value is -1.13. The van der Waals surface area contributed by atoms with Crippen LogP contribution >= 0.6 is 11.3 Å². The maximum absolute atomic E-state index is 11.6. The molecule has 1 N–H and O–H groups in total. The second-order valence-electron chi connectivity index (χ2n) is 4.10. The number of sulfonamides is 1. The average molecular weight is 341 g/mol. The highest BCUT2D eigenvalue weighted by Gasteiger charge is 2.21. The third kappa shape index (κ3) is 5.10. The number of sulfone groups is 1. The number of anilines is 1. The molecule has 0 saturated heterocycles. The van der Waals surface area contributed by atoms with Crippen LogP contribution in [0.2, 0.25) is 0 Å². The van der Waals surface area contributed by atoms with Crippen molar-refractivity contribution in [2.75, 3.05) is 22.7 Å². The van der Waals surface area contributed by atoms with Crippen molar-refractivity contribution in [2.45, 2.75) is 13.8 Å². The average Bonchev–Trinajstić information content (AvgIpc) is 2.54. The van der Waals surface area contributed by atoms with E-state index in [1.54, 1.807) is 13.8 Å². The molecule has 10 heteroatoms. The Labute approximate surface area is 121 Å². The first-order valence-electron chi connectivity index (χ1n) is 5.50. The molecule has 0 fully saturated rings. The van der Waals surface area contributed by atoms with E-state index < -0.39 is 30.9 Å². The fraction of sp³-hybridized carbons (Fsp3) is 0.500. The number of esters is 1. The quantitative estimate of drug-likeness (QED) is 0.773. The number of carbonyl (C=O) groups is 1. The van der Waals surface area contributed by atoms with E-state index in [0.717, 1.165) is 17.6 Å². The van der Waals surface area contributed by atoms with Crippen LogP contribution in [0.5, 0.6) is 0 Å². The zero-order valence-corrected chi connectivity index (χ0v) is 13.6. The maximum atomic E-state index is 11.6. The smallest absolute Gasteiger partial charge is 0.348 e. The fourth-order valence-electron chi connectivity index (χ4n) is 1.40.